The number of halogens is 3. The number of imide groups is 2. The van der Waals surface area contributed by atoms with Gasteiger partial charge in [0.2, 0.25) is 0 Å². The Morgan fingerprint density at radius 2 is 1.73 bits per heavy atom. The molecule has 1 aromatic rings. The Bertz CT molecular complexity index is 655. The number of amides is 4. The number of nitrogens with zero attached hydrogens (tertiary/aromatic N) is 2. The monoisotopic (exact) mass is 312 g/mol. The van der Waals surface area contributed by atoms with Gasteiger partial charge in [0, 0.05) is 6.54 Å². The van der Waals surface area contributed by atoms with Crippen LogP contribution in [0.2, 0.25) is 0 Å². The number of hydrogen-bond donors (Lipinski definition) is 0. The number of carbonyl (C=O) groups excluding carboxylic acids is 3. The molecule has 2 rings (SSSR count). The lowest BCUT2D eigenvalue weighted by Crippen LogP contribution is -2.33. The molecule has 5 nitrogen and oxygen atoms in total. The third kappa shape index (κ3) is 2.85. The third-order valence-corrected chi connectivity index (χ3v) is 3.04. The Kier molecular flexibility index (Phi) is 4.03. The maximum atomic E-state index is 12.6. The second-order valence-corrected chi connectivity index (χ2v) is 4.58. The van der Waals surface area contributed by atoms with Gasteiger partial charge in [-0.1, -0.05) is 18.2 Å². The van der Waals surface area contributed by atoms with Gasteiger partial charge in [0.15, 0.2) is 0 Å². The van der Waals surface area contributed by atoms with E-state index in [0.717, 1.165) is 12.1 Å². The van der Waals surface area contributed by atoms with E-state index in [1.807, 2.05) is 0 Å². The molecule has 1 aliphatic heterocycles. The first-order valence-corrected chi connectivity index (χ1v) is 6.20. The predicted octanol–water partition coefficient (Wildman–Crippen LogP) is 2.18. The van der Waals surface area contributed by atoms with Crippen LogP contribution in [0, 0.1) is 0 Å². The Labute approximate surface area is 123 Å². The van der Waals surface area contributed by atoms with Gasteiger partial charge in [-0.05, 0) is 17.7 Å². The molecule has 0 aromatic heterocycles. The molecule has 0 unspecified atom stereocenters. The summed E-state index contributed by atoms with van der Waals surface area (Å²) in [6.07, 6.45) is -3.25. The smallest absolute Gasteiger partial charge is 0.263 e. The fourth-order valence-electron chi connectivity index (χ4n) is 2.01. The van der Waals surface area contributed by atoms with Crippen molar-refractivity contribution in [2.75, 3.05) is 6.54 Å². The fourth-order valence-corrected chi connectivity index (χ4v) is 2.01. The van der Waals surface area contributed by atoms with E-state index in [1.54, 1.807) is 0 Å². The second kappa shape index (κ2) is 5.63. The van der Waals surface area contributed by atoms with Gasteiger partial charge in [-0.15, -0.1) is 6.58 Å². The zero-order valence-corrected chi connectivity index (χ0v) is 11.3. The van der Waals surface area contributed by atoms with Crippen molar-refractivity contribution in [2.45, 2.75) is 12.7 Å². The summed E-state index contributed by atoms with van der Waals surface area (Å²) in [5.74, 6) is -2.08. The van der Waals surface area contributed by atoms with Crippen LogP contribution in [-0.4, -0.2) is 34.2 Å². The maximum absolute atomic E-state index is 12.6. The van der Waals surface area contributed by atoms with E-state index in [9.17, 15) is 27.6 Å². The molecule has 0 radical (unpaired) electrons. The third-order valence-electron chi connectivity index (χ3n) is 3.04. The van der Waals surface area contributed by atoms with Crippen molar-refractivity contribution in [1.29, 1.82) is 0 Å². The van der Waals surface area contributed by atoms with E-state index in [1.165, 1.54) is 18.2 Å². The van der Waals surface area contributed by atoms with Crippen molar-refractivity contribution in [1.82, 2.24) is 9.80 Å². The highest BCUT2D eigenvalue weighted by Crippen LogP contribution is 2.30. The van der Waals surface area contributed by atoms with Gasteiger partial charge >= 0.3 is 24.0 Å². The second-order valence-electron chi connectivity index (χ2n) is 4.58. The van der Waals surface area contributed by atoms with E-state index in [2.05, 4.69) is 6.58 Å². The first-order chi connectivity index (χ1) is 10.3. The molecule has 4 amide bonds. The molecule has 0 aliphatic carbocycles. The average molecular weight is 312 g/mol. The van der Waals surface area contributed by atoms with Crippen molar-refractivity contribution < 1.29 is 27.6 Å². The van der Waals surface area contributed by atoms with Crippen LogP contribution >= 0.6 is 0 Å². The number of alkyl halides is 3. The van der Waals surface area contributed by atoms with Crippen LogP contribution in [-0.2, 0) is 22.3 Å². The lowest BCUT2D eigenvalue weighted by Gasteiger charge is -2.15. The molecule has 1 aromatic carbocycles. The van der Waals surface area contributed by atoms with Crippen LogP contribution in [0.25, 0.3) is 0 Å². The Hall–Kier alpha value is -2.64. The van der Waals surface area contributed by atoms with Crippen LogP contribution in [0.15, 0.2) is 36.9 Å². The summed E-state index contributed by atoms with van der Waals surface area (Å²) in [4.78, 5) is 36.6. The molecule has 0 bridgehead atoms. The standard InChI is InChI=1S/C14H11F3N2O3/c1-2-6-18-11(20)12(21)19(13(18)22)8-9-4-3-5-10(7-9)14(15,16)17/h2-5,7H,1,6,8H2. The number of rotatable bonds is 4. The van der Waals surface area contributed by atoms with Crippen molar-refractivity contribution in [3.05, 3.63) is 48.0 Å². The summed E-state index contributed by atoms with van der Waals surface area (Å²) in [5.41, 5.74) is -0.789. The first-order valence-electron chi connectivity index (χ1n) is 6.20. The van der Waals surface area contributed by atoms with Crippen LogP contribution in [0.3, 0.4) is 0 Å². The van der Waals surface area contributed by atoms with Crippen LogP contribution < -0.4 is 0 Å². The minimum atomic E-state index is -4.53. The SMILES string of the molecule is C=CCN1C(=O)C(=O)N(Cc2cccc(C(F)(F)F)c2)C1=O. The summed E-state index contributed by atoms with van der Waals surface area (Å²) in [6.45, 7) is 2.83. The molecule has 1 fully saturated rings. The zero-order valence-electron chi connectivity index (χ0n) is 11.3. The molecule has 8 heteroatoms. The molecule has 0 atom stereocenters. The van der Waals surface area contributed by atoms with Gasteiger partial charge in [-0.2, -0.15) is 13.2 Å². The molecule has 0 spiro atoms. The topological polar surface area (TPSA) is 57.7 Å². The summed E-state index contributed by atoms with van der Waals surface area (Å²) in [5, 5.41) is 0. The van der Waals surface area contributed by atoms with E-state index in [4.69, 9.17) is 0 Å². The predicted molar refractivity (Wildman–Crippen MR) is 69.3 cm³/mol. The normalized spacial score (nSPS) is 15.7. The Morgan fingerprint density at radius 1 is 1.09 bits per heavy atom. The Balaban J connectivity index is 2.24. The van der Waals surface area contributed by atoms with Crippen molar-refractivity contribution >= 4 is 17.8 Å². The van der Waals surface area contributed by atoms with Gasteiger partial charge in [0.1, 0.15) is 0 Å². The zero-order chi connectivity index (χ0) is 16.5. The highest BCUT2D eigenvalue weighted by molar-refractivity contribution is 6.44. The number of carbonyl (C=O) groups is 3. The molecular formula is C14H11F3N2O3. The highest BCUT2D eigenvalue weighted by atomic mass is 19.4. The first kappa shape index (κ1) is 15.7. The fraction of sp³-hybridized carbons (Fsp3) is 0.214. The van der Waals surface area contributed by atoms with Gasteiger partial charge < -0.3 is 0 Å². The minimum absolute atomic E-state index is 0.102. The molecule has 0 saturated carbocycles. The van der Waals surface area contributed by atoms with E-state index < -0.39 is 36.1 Å². The quantitative estimate of drug-likeness (QED) is 0.486. The number of urea groups is 1. The van der Waals surface area contributed by atoms with E-state index in [0.29, 0.717) is 9.80 Å². The van der Waals surface area contributed by atoms with Crippen molar-refractivity contribution in [2.24, 2.45) is 0 Å². The average Bonchev–Trinajstić information content (AvgIpc) is 2.65. The number of hydrogen-bond acceptors (Lipinski definition) is 3. The van der Waals surface area contributed by atoms with E-state index in [-0.39, 0.29) is 12.1 Å². The largest absolute Gasteiger partial charge is 0.416 e. The maximum Gasteiger partial charge on any atom is 0.416 e. The lowest BCUT2D eigenvalue weighted by atomic mass is 10.1. The van der Waals surface area contributed by atoms with Gasteiger partial charge in [0.05, 0.1) is 12.1 Å². The van der Waals surface area contributed by atoms with Crippen LogP contribution in [0.4, 0.5) is 18.0 Å². The Morgan fingerprint density at radius 3 is 2.32 bits per heavy atom. The van der Waals surface area contributed by atoms with Gasteiger partial charge in [-0.25, -0.2) is 4.79 Å². The van der Waals surface area contributed by atoms with Crippen molar-refractivity contribution in [3.8, 4) is 0 Å². The number of benzene rings is 1. The molecule has 22 heavy (non-hydrogen) atoms. The molecule has 0 N–H and O–H groups in total. The molecule has 1 aliphatic rings. The van der Waals surface area contributed by atoms with Gasteiger partial charge in [-0.3, -0.25) is 19.4 Å². The summed E-state index contributed by atoms with van der Waals surface area (Å²) in [7, 11) is 0. The lowest BCUT2D eigenvalue weighted by molar-refractivity contribution is -0.143. The van der Waals surface area contributed by atoms with Crippen LogP contribution in [0.5, 0.6) is 0 Å². The van der Waals surface area contributed by atoms with Crippen LogP contribution in [0.1, 0.15) is 11.1 Å². The highest BCUT2D eigenvalue weighted by Gasteiger charge is 2.43. The van der Waals surface area contributed by atoms with Gasteiger partial charge in [0.25, 0.3) is 0 Å². The molecular weight excluding hydrogens is 301 g/mol. The van der Waals surface area contributed by atoms with E-state index >= 15 is 0 Å². The molecule has 116 valence electrons. The summed E-state index contributed by atoms with van der Waals surface area (Å²) in [6, 6.07) is 3.36. The summed E-state index contributed by atoms with van der Waals surface area (Å²) < 4.78 is 37.9. The summed E-state index contributed by atoms with van der Waals surface area (Å²) >= 11 is 0. The molecule has 1 heterocycles. The minimum Gasteiger partial charge on any atom is -0.263 e. The van der Waals surface area contributed by atoms with Crippen molar-refractivity contribution in [3.63, 3.8) is 0 Å². The molecule has 1 saturated heterocycles.